The van der Waals surface area contributed by atoms with Gasteiger partial charge in [-0.1, -0.05) is 36.4 Å². The van der Waals surface area contributed by atoms with Gasteiger partial charge < -0.3 is 9.84 Å². The lowest BCUT2D eigenvalue weighted by Gasteiger charge is -2.26. The summed E-state index contributed by atoms with van der Waals surface area (Å²) in [7, 11) is 0. The Balaban J connectivity index is 2.03. The first-order valence-corrected chi connectivity index (χ1v) is 7.60. The van der Waals surface area contributed by atoms with Gasteiger partial charge in [-0.2, -0.15) is 0 Å². The molecule has 0 aromatic heterocycles. The molecule has 0 unspecified atom stereocenters. The number of benzene rings is 2. The summed E-state index contributed by atoms with van der Waals surface area (Å²) in [5, 5.41) is 12.6. The van der Waals surface area contributed by atoms with Gasteiger partial charge in [0.25, 0.3) is 0 Å². The van der Waals surface area contributed by atoms with Gasteiger partial charge in [-0.05, 0) is 67.8 Å². The first-order chi connectivity index (χ1) is 10.3. The van der Waals surface area contributed by atoms with E-state index in [-0.39, 0.29) is 0 Å². The molecule has 0 bridgehead atoms. The van der Waals surface area contributed by atoms with Gasteiger partial charge in [0.05, 0.1) is 0 Å². The number of hydrogen-bond donors (Lipinski definition) is 1. The number of aliphatic hydroxyl groups is 1. The molecule has 2 aromatic rings. The summed E-state index contributed by atoms with van der Waals surface area (Å²) in [6.07, 6.45) is 4.08. The van der Waals surface area contributed by atoms with Crippen molar-refractivity contribution in [3.05, 3.63) is 65.4 Å². The summed E-state index contributed by atoms with van der Waals surface area (Å²) in [6.45, 7) is 7.53. The van der Waals surface area contributed by atoms with Crippen molar-refractivity contribution in [2.45, 2.75) is 38.9 Å². The summed E-state index contributed by atoms with van der Waals surface area (Å²) in [4.78, 5) is 0. The summed E-state index contributed by atoms with van der Waals surface area (Å²) >= 11 is 0. The first kappa shape index (κ1) is 14.9. The maximum atomic E-state index is 10.2. The summed E-state index contributed by atoms with van der Waals surface area (Å²) < 4.78 is 5.93. The molecule has 1 N–H and O–H groups in total. The van der Waals surface area contributed by atoms with Crippen molar-refractivity contribution in [3.8, 4) is 0 Å². The predicted octanol–water partition coefficient (Wildman–Crippen LogP) is 4.69. The Morgan fingerprint density at radius 3 is 2.36 bits per heavy atom. The minimum Gasteiger partial charge on any atom is -0.484 e. The number of hydrogen-bond acceptors (Lipinski definition) is 2. The molecule has 1 heterocycles. The first-order valence-electron chi connectivity index (χ1n) is 7.60. The van der Waals surface area contributed by atoms with E-state index in [1.165, 1.54) is 10.8 Å². The lowest BCUT2D eigenvalue weighted by Crippen LogP contribution is -2.27. The fourth-order valence-corrected chi connectivity index (χ4v) is 2.67. The van der Waals surface area contributed by atoms with Crippen molar-refractivity contribution >= 4 is 16.8 Å². The van der Waals surface area contributed by atoms with Crippen molar-refractivity contribution in [3.63, 3.8) is 0 Å². The van der Waals surface area contributed by atoms with Crippen LogP contribution >= 0.6 is 0 Å². The zero-order chi connectivity index (χ0) is 16.0. The third-order valence-electron chi connectivity index (χ3n) is 4.05. The Kier molecular flexibility index (Phi) is 3.37. The predicted molar refractivity (Wildman–Crippen MR) is 91.5 cm³/mol. The molecule has 1 aliphatic heterocycles. The van der Waals surface area contributed by atoms with Crippen LogP contribution in [0.2, 0.25) is 0 Å². The molecule has 0 spiro atoms. The number of rotatable bonds is 2. The van der Waals surface area contributed by atoms with E-state index in [4.69, 9.17) is 4.74 Å². The van der Waals surface area contributed by atoms with Gasteiger partial charge in [0.15, 0.2) is 0 Å². The van der Waals surface area contributed by atoms with E-state index in [0.717, 1.165) is 11.1 Å². The molecular weight excluding hydrogens is 272 g/mol. The summed E-state index contributed by atoms with van der Waals surface area (Å²) in [5.41, 5.74) is 0.815. The van der Waals surface area contributed by atoms with Crippen molar-refractivity contribution in [2.24, 2.45) is 0 Å². The Morgan fingerprint density at radius 1 is 1.05 bits per heavy atom. The zero-order valence-electron chi connectivity index (χ0n) is 13.6. The smallest absolute Gasteiger partial charge is 0.129 e. The zero-order valence-corrected chi connectivity index (χ0v) is 13.6. The lowest BCUT2D eigenvalue weighted by atomic mass is 9.95. The molecule has 0 radical (unpaired) electrons. The fourth-order valence-electron chi connectivity index (χ4n) is 2.67. The molecule has 0 atom stereocenters. The third-order valence-corrected chi connectivity index (χ3v) is 4.05. The van der Waals surface area contributed by atoms with Crippen LogP contribution in [0, 0.1) is 0 Å². The van der Waals surface area contributed by atoms with Crippen molar-refractivity contribution in [1.82, 2.24) is 0 Å². The van der Waals surface area contributed by atoms with Gasteiger partial charge in [0.2, 0.25) is 0 Å². The Bertz CT molecular complexity index is 774. The van der Waals surface area contributed by atoms with Crippen LogP contribution in [0.25, 0.3) is 16.8 Å². The SMILES string of the molecule is CC(C)(O)C1=C/C(=C/c2ccc3ccccc3c2)C(C)(C)O1. The normalized spacial score (nSPS) is 19.3. The highest BCUT2D eigenvalue weighted by Gasteiger charge is 2.37. The average molecular weight is 294 g/mol. The van der Waals surface area contributed by atoms with Gasteiger partial charge in [0, 0.05) is 0 Å². The molecule has 0 saturated carbocycles. The molecule has 0 saturated heterocycles. The summed E-state index contributed by atoms with van der Waals surface area (Å²) in [5.74, 6) is 0.615. The van der Waals surface area contributed by atoms with Crippen LogP contribution in [0.5, 0.6) is 0 Å². The third kappa shape index (κ3) is 2.79. The number of ether oxygens (including phenoxy) is 1. The average Bonchev–Trinajstić information content (AvgIpc) is 2.74. The molecule has 0 aliphatic carbocycles. The van der Waals surface area contributed by atoms with Crippen molar-refractivity contribution in [1.29, 1.82) is 0 Å². The van der Waals surface area contributed by atoms with E-state index in [2.05, 4.69) is 36.4 Å². The molecule has 2 aromatic carbocycles. The molecule has 1 aliphatic rings. The minimum atomic E-state index is -0.962. The maximum Gasteiger partial charge on any atom is 0.129 e. The molecule has 2 nitrogen and oxygen atoms in total. The van der Waals surface area contributed by atoms with Gasteiger partial charge in [0.1, 0.15) is 17.0 Å². The van der Waals surface area contributed by atoms with Gasteiger partial charge in [-0.3, -0.25) is 0 Å². The Morgan fingerprint density at radius 2 is 1.73 bits per heavy atom. The van der Waals surface area contributed by atoms with Gasteiger partial charge in [-0.25, -0.2) is 0 Å². The van der Waals surface area contributed by atoms with Crippen LogP contribution < -0.4 is 0 Å². The molecule has 0 fully saturated rings. The molecule has 2 heteroatoms. The van der Waals surface area contributed by atoms with E-state index >= 15 is 0 Å². The summed E-state index contributed by atoms with van der Waals surface area (Å²) in [6, 6.07) is 14.7. The Labute approximate surface area is 131 Å². The van der Waals surface area contributed by atoms with Crippen LogP contribution in [0.1, 0.15) is 33.3 Å². The van der Waals surface area contributed by atoms with E-state index in [1.807, 2.05) is 32.1 Å². The highest BCUT2D eigenvalue weighted by atomic mass is 16.5. The number of fused-ring (bicyclic) bond motifs is 1. The second-order valence-electron chi connectivity index (χ2n) is 6.89. The molecule has 0 amide bonds. The van der Waals surface area contributed by atoms with Gasteiger partial charge >= 0.3 is 0 Å². The molecular formula is C20H22O2. The van der Waals surface area contributed by atoms with Crippen molar-refractivity contribution < 1.29 is 9.84 Å². The van der Waals surface area contributed by atoms with Crippen LogP contribution in [-0.2, 0) is 4.74 Å². The second-order valence-corrected chi connectivity index (χ2v) is 6.89. The highest BCUT2D eigenvalue weighted by Crippen LogP contribution is 2.38. The minimum absolute atomic E-state index is 0.430. The largest absolute Gasteiger partial charge is 0.484 e. The lowest BCUT2D eigenvalue weighted by molar-refractivity contribution is -0.00103. The Hall–Kier alpha value is -2.06. The van der Waals surface area contributed by atoms with Gasteiger partial charge in [-0.15, -0.1) is 0 Å². The van der Waals surface area contributed by atoms with Crippen LogP contribution in [-0.4, -0.2) is 16.3 Å². The standard InChI is InChI=1S/C20H22O2/c1-19(2,21)18-13-17(20(3,4)22-18)12-14-9-10-15-7-5-6-8-16(15)11-14/h5-13,21H,1-4H3/b17-12-. The van der Waals surface area contributed by atoms with Crippen LogP contribution in [0.4, 0.5) is 0 Å². The van der Waals surface area contributed by atoms with E-state index in [9.17, 15) is 5.11 Å². The van der Waals surface area contributed by atoms with E-state index < -0.39 is 11.2 Å². The quantitative estimate of drug-likeness (QED) is 0.871. The second kappa shape index (κ2) is 4.99. The monoisotopic (exact) mass is 294 g/mol. The van der Waals surface area contributed by atoms with E-state index in [0.29, 0.717) is 5.76 Å². The van der Waals surface area contributed by atoms with E-state index in [1.54, 1.807) is 13.8 Å². The van der Waals surface area contributed by atoms with Crippen LogP contribution in [0.3, 0.4) is 0 Å². The topological polar surface area (TPSA) is 29.5 Å². The fraction of sp³-hybridized carbons (Fsp3) is 0.300. The maximum absolute atomic E-state index is 10.2. The molecule has 114 valence electrons. The van der Waals surface area contributed by atoms with Crippen molar-refractivity contribution in [2.75, 3.05) is 0 Å². The van der Waals surface area contributed by atoms with Crippen LogP contribution in [0.15, 0.2) is 59.9 Å². The highest BCUT2D eigenvalue weighted by molar-refractivity contribution is 5.85. The molecule has 3 rings (SSSR count). The molecule has 22 heavy (non-hydrogen) atoms.